The van der Waals surface area contributed by atoms with Crippen LogP contribution in [0.2, 0.25) is 5.15 Å². The zero-order valence-corrected chi connectivity index (χ0v) is 9.79. The van der Waals surface area contributed by atoms with Crippen LogP contribution in [0.5, 0.6) is 0 Å². The molecule has 2 nitrogen and oxygen atoms in total. The van der Waals surface area contributed by atoms with Gasteiger partial charge in [0.15, 0.2) is 0 Å². The van der Waals surface area contributed by atoms with E-state index < -0.39 is 0 Å². The monoisotopic (exact) mass is 246 g/mol. The van der Waals surface area contributed by atoms with Crippen molar-refractivity contribution in [3.63, 3.8) is 0 Å². The minimum Gasteiger partial charge on any atom is -0.236 e. The van der Waals surface area contributed by atoms with Crippen molar-refractivity contribution in [2.75, 3.05) is 0 Å². The molecule has 0 fully saturated rings. The van der Waals surface area contributed by atoms with Crippen LogP contribution in [0.15, 0.2) is 41.4 Å². The first-order valence-electron chi connectivity index (χ1n) is 4.78. The fourth-order valence-electron chi connectivity index (χ4n) is 1.71. The van der Waals surface area contributed by atoms with Gasteiger partial charge in [0.2, 0.25) is 0 Å². The van der Waals surface area contributed by atoms with E-state index in [1.165, 1.54) is 11.9 Å². The average molecular weight is 247 g/mol. The zero-order chi connectivity index (χ0) is 11.0. The maximum absolute atomic E-state index is 6.04. The normalized spacial score (nSPS) is 10.8. The van der Waals surface area contributed by atoms with Crippen molar-refractivity contribution in [1.82, 2.24) is 9.97 Å². The summed E-state index contributed by atoms with van der Waals surface area (Å²) >= 11 is 7.71. The number of benzene rings is 1. The summed E-state index contributed by atoms with van der Waals surface area (Å²) in [5.74, 6) is 0. The summed E-state index contributed by atoms with van der Waals surface area (Å²) in [4.78, 5) is 8.29. The first kappa shape index (κ1) is 9.75. The molecule has 0 atom stereocenters. The third-order valence-electron chi connectivity index (χ3n) is 2.45. The highest BCUT2D eigenvalue weighted by Gasteiger charge is 2.07. The van der Waals surface area contributed by atoms with Gasteiger partial charge in [-0.2, -0.15) is 11.3 Å². The number of nitrogens with zero attached hydrogens (tertiary/aromatic N) is 2. The minimum absolute atomic E-state index is 0.502. The van der Waals surface area contributed by atoms with Gasteiger partial charge in [-0.3, -0.25) is 0 Å². The largest absolute Gasteiger partial charge is 0.236 e. The van der Waals surface area contributed by atoms with Gasteiger partial charge in [-0.05, 0) is 28.5 Å². The number of halogens is 1. The number of hydrogen-bond acceptors (Lipinski definition) is 3. The quantitative estimate of drug-likeness (QED) is 0.607. The van der Waals surface area contributed by atoms with Crippen LogP contribution < -0.4 is 0 Å². The summed E-state index contributed by atoms with van der Waals surface area (Å²) in [6.07, 6.45) is 1.50. The second kappa shape index (κ2) is 3.85. The SMILES string of the molecule is Clc1ncnc2c(-c3ccsc3)cccc12. The molecule has 3 rings (SSSR count). The fourth-order valence-corrected chi connectivity index (χ4v) is 2.56. The predicted molar refractivity (Wildman–Crippen MR) is 67.9 cm³/mol. The molecule has 2 aromatic heterocycles. The summed E-state index contributed by atoms with van der Waals surface area (Å²) in [6, 6.07) is 8.04. The second-order valence-electron chi connectivity index (χ2n) is 3.38. The van der Waals surface area contributed by atoms with Gasteiger partial charge >= 0.3 is 0 Å². The smallest absolute Gasteiger partial charge is 0.140 e. The summed E-state index contributed by atoms with van der Waals surface area (Å²) in [5, 5.41) is 5.55. The first-order valence-corrected chi connectivity index (χ1v) is 6.10. The van der Waals surface area contributed by atoms with Gasteiger partial charge in [-0.1, -0.05) is 23.7 Å². The number of para-hydroxylation sites is 1. The Morgan fingerprint density at radius 1 is 1.12 bits per heavy atom. The van der Waals surface area contributed by atoms with E-state index in [4.69, 9.17) is 11.6 Å². The lowest BCUT2D eigenvalue weighted by Crippen LogP contribution is -1.86. The van der Waals surface area contributed by atoms with Crippen LogP contribution in [0.25, 0.3) is 22.0 Å². The number of fused-ring (bicyclic) bond motifs is 1. The van der Waals surface area contributed by atoms with Gasteiger partial charge in [0, 0.05) is 10.9 Å². The van der Waals surface area contributed by atoms with Crippen molar-refractivity contribution < 1.29 is 0 Å². The van der Waals surface area contributed by atoms with Crippen molar-refractivity contribution >= 4 is 33.8 Å². The van der Waals surface area contributed by atoms with E-state index >= 15 is 0 Å². The summed E-state index contributed by atoms with van der Waals surface area (Å²) in [7, 11) is 0. The zero-order valence-electron chi connectivity index (χ0n) is 8.22. The van der Waals surface area contributed by atoms with Crippen LogP contribution in [0.1, 0.15) is 0 Å². The van der Waals surface area contributed by atoms with E-state index in [2.05, 4.69) is 26.8 Å². The fraction of sp³-hybridized carbons (Fsp3) is 0. The van der Waals surface area contributed by atoms with Crippen LogP contribution in [0, 0.1) is 0 Å². The first-order chi connectivity index (χ1) is 7.86. The maximum atomic E-state index is 6.04. The molecular formula is C12H7ClN2S. The van der Waals surface area contributed by atoms with Crippen molar-refractivity contribution in [1.29, 1.82) is 0 Å². The molecule has 4 heteroatoms. The number of rotatable bonds is 1. The number of aromatic nitrogens is 2. The lowest BCUT2D eigenvalue weighted by molar-refractivity contribution is 1.22. The molecule has 0 aliphatic rings. The third-order valence-corrected chi connectivity index (χ3v) is 3.43. The predicted octanol–water partition coefficient (Wildman–Crippen LogP) is 4.01. The summed E-state index contributed by atoms with van der Waals surface area (Å²) < 4.78 is 0. The van der Waals surface area contributed by atoms with E-state index in [0.29, 0.717) is 5.15 Å². The van der Waals surface area contributed by atoms with Crippen molar-refractivity contribution in [3.05, 3.63) is 46.5 Å². The molecule has 78 valence electrons. The van der Waals surface area contributed by atoms with E-state index in [1.54, 1.807) is 11.3 Å². The molecule has 16 heavy (non-hydrogen) atoms. The van der Waals surface area contributed by atoms with Gasteiger partial charge in [-0.15, -0.1) is 0 Å². The van der Waals surface area contributed by atoms with Crippen molar-refractivity contribution in [3.8, 4) is 11.1 Å². The van der Waals surface area contributed by atoms with E-state index in [9.17, 15) is 0 Å². The van der Waals surface area contributed by atoms with Gasteiger partial charge < -0.3 is 0 Å². The number of hydrogen-bond donors (Lipinski definition) is 0. The standard InChI is InChI=1S/C12H7ClN2S/c13-12-10-3-1-2-9(8-4-5-16-6-8)11(10)14-7-15-12/h1-7H. The second-order valence-corrected chi connectivity index (χ2v) is 4.52. The molecule has 1 aromatic carbocycles. The minimum atomic E-state index is 0.502. The highest BCUT2D eigenvalue weighted by molar-refractivity contribution is 7.08. The molecular weight excluding hydrogens is 240 g/mol. The van der Waals surface area contributed by atoms with Crippen LogP contribution in [-0.4, -0.2) is 9.97 Å². The molecule has 0 aliphatic carbocycles. The van der Waals surface area contributed by atoms with Crippen molar-refractivity contribution in [2.24, 2.45) is 0 Å². The summed E-state index contributed by atoms with van der Waals surface area (Å²) in [6.45, 7) is 0. The topological polar surface area (TPSA) is 25.8 Å². The molecule has 0 radical (unpaired) electrons. The molecule has 0 amide bonds. The van der Waals surface area contributed by atoms with Crippen LogP contribution in [0.4, 0.5) is 0 Å². The Bertz CT molecular complexity index is 635. The Morgan fingerprint density at radius 2 is 2.06 bits per heavy atom. The molecule has 0 N–H and O–H groups in total. The molecule has 0 saturated carbocycles. The van der Waals surface area contributed by atoms with Gasteiger partial charge in [0.05, 0.1) is 5.52 Å². The third kappa shape index (κ3) is 1.49. The van der Waals surface area contributed by atoms with Crippen LogP contribution in [0.3, 0.4) is 0 Å². The maximum Gasteiger partial charge on any atom is 0.140 e. The van der Waals surface area contributed by atoms with E-state index in [0.717, 1.165) is 16.5 Å². The molecule has 0 unspecified atom stereocenters. The molecule has 0 aliphatic heterocycles. The highest BCUT2D eigenvalue weighted by atomic mass is 35.5. The molecule has 0 bridgehead atoms. The Hall–Kier alpha value is -1.45. The van der Waals surface area contributed by atoms with Crippen LogP contribution in [-0.2, 0) is 0 Å². The highest BCUT2D eigenvalue weighted by Crippen LogP contribution is 2.30. The molecule has 3 aromatic rings. The summed E-state index contributed by atoms with van der Waals surface area (Å²) in [5.41, 5.74) is 3.18. The van der Waals surface area contributed by atoms with E-state index in [1.807, 2.05) is 18.2 Å². The van der Waals surface area contributed by atoms with Crippen LogP contribution >= 0.6 is 22.9 Å². The van der Waals surface area contributed by atoms with Gasteiger partial charge in [0.25, 0.3) is 0 Å². The Labute approximate surface area is 102 Å². The van der Waals surface area contributed by atoms with Gasteiger partial charge in [0.1, 0.15) is 11.5 Å². The Balaban J connectivity index is 2.38. The van der Waals surface area contributed by atoms with E-state index in [-0.39, 0.29) is 0 Å². The molecule has 0 spiro atoms. The Morgan fingerprint density at radius 3 is 2.88 bits per heavy atom. The number of thiophene rings is 1. The molecule has 0 saturated heterocycles. The van der Waals surface area contributed by atoms with Crippen molar-refractivity contribution in [2.45, 2.75) is 0 Å². The Kier molecular flexibility index (Phi) is 2.35. The molecule has 2 heterocycles. The average Bonchev–Trinajstić information content (AvgIpc) is 2.82. The lowest BCUT2D eigenvalue weighted by atomic mass is 10.1. The van der Waals surface area contributed by atoms with Gasteiger partial charge in [-0.25, -0.2) is 9.97 Å². The lowest BCUT2D eigenvalue weighted by Gasteiger charge is -2.04.